The van der Waals surface area contributed by atoms with Crippen LogP contribution in [-0.4, -0.2) is 45.9 Å². The lowest BCUT2D eigenvalue weighted by Gasteiger charge is -2.30. The van der Waals surface area contributed by atoms with E-state index in [4.69, 9.17) is 0 Å². The molecule has 1 unspecified atom stereocenters. The van der Waals surface area contributed by atoms with Crippen LogP contribution in [0.25, 0.3) is 10.2 Å². The minimum atomic E-state index is -0.272. The van der Waals surface area contributed by atoms with Gasteiger partial charge in [-0.2, -0.15) is 0 Å². The smallest absolute Gasteiger partial charge is 0.264 e. The lowest BCUT2D eigenvalue weighted by Crippen LogP contribution is -2.39. The number of amides is 2. The summed E-state index contributed by atoms with van der Waals surface area (Å²) in [5.41, 5.74) is 0.394. The maximum atomic E-state index is 13.0. The standard InChI is InChI=1S/C19H26N4O3S/c1-4-7-20-14(24)10-23-11-21-17-15(18(23)25)13(3)16(27-17)19(26)22-8-5-6-12(2)9-22/h11-12H,4-10H2,1-3H3,(H,20,24). The first-order valence-corrected chi connectivity index (χ1v) is 10.3. The van der Waals surface area contributed by atoms with Crippen molar-refractivity contribution >= 4 is 33.4 Å². The zero-order valence-corrected chi connectivity index (χ0v) is 16.9. The summed E-state index contributed by atoms with van der Waals surface area (Å²) in [6.07, 6.45) is 4.38. The highest BCUT2D eigenvalue weighted by Gasteiger charge is 2.26. The number of nitrogens with zero attached hydrogens (tertiary/aromatic N) is 3. The monoisotopic (exact) mass is 390 g/mol. The number of hydrogen-bond acceptors (Lipinski definition) is 5. The highest BCUT2D eigenvalue weighted by Crippen LogP contribution is 2.29. The zero-order chi connectivity index (χ0) is 19.6. The third kappa shape index (κ3) is 4.05. The molecule has 146 valence electrons. The SMILES string of the molecule is CCCNC(=O)Cn1cnc2sc(C(=O)N3CCCC(C)C3)c(C)c2c1=O. The molecule has 0 spiro atoms. The second-order valence-corrected chi connectivity index (χ2v) is 8.26. The molecular formula is C19H26N4O3S. The van der Waals surface area contributed by atoms with E-state index in [0.717, 1.165) is 32.4 Å². The lowest BCUT2D eigenvalue weighted by molar-refractivity contribution is -0.121. The molecule has 0 aromatic carbocycles. The van der Waals surface area contributed by atoms with Crippen molar-refractivity contribution in [1.29, 1.82) is 0 Å². The number of carbonyl (C=O) groups is 2. The Morgan fingerprint density at radius 3 is 2.89 bits per heavy atom. The first-order chi connectivity index (χ1) is 12.9. The summed E-state index contributed by atoms with van der Waals surface area (Å²) in [7, 11) is 0. The van der Waals surface area contributed by atoms with Gasteiger partial charge in [-0.05, 0) is 37.7 Å². The van der Waals surface area contributed by atoms with Crippen molar-refractivity contribution in [3.05, 3.63) is 27.1 Å². The molecule has 1 aliphatic rings. The van der Waals surface area contributed by atoms with Gasteiger partial charge in [-0.3, -0.25) is 19.0 Å². The van der Waals surface area contributed by atoms with Gasteiger partial charge >= 0.3 is 0 Å². The van der Waals surface area contributed by atoms with Crippen LogP contribution >= 0.6 is 11.3 Å². The molecule has 1 fully saturated rings. The van der Waals surface area contributed by atoms with Crippen LogP contribution in [0.2, 0.25) is 0 Å². The van der Waals surface area contributed by atoms with Crippen LogP contribution in [0.4, 0.5) is 0 Å². The number of likely N-dealkylation sites (tertiary alicyclic amines) is 1. The Hall–Kier alpha value is -2.22. The van der Waals surface area contributed by atoms with Gasteiger partial charge in [0.2, 0.25) is 5.91 Å². The van der Waals surface area contributed by atoms with Gasteiger partial charge in [0.1, 0.15) is 11.4 Å². The van der Waals surface area contributed by atoms with Gasteiger partial charge in [0.05, 0.1) is 16.6 Å². The number of hydrogen-bond donors (Lipinski definition) is 1. The normalized spacial score (nSPS) is 17.3. The minimum absolute atomic E-state index is 0.0197. The number of thiophene rings is 1. The van der Waals surface area contributed by atoms with Crippen molar-refractivity contribution in [1.82, 2.24) is 19.8 Å². The number of aromatic nitrogens is 2. The van der Waals surface area contributed by atoms with Gasteiger partial charge in [0, 0.05) is 19.6 Å². The molecule has 2 amide bonds. The molecular weight excluding hydrogens is 364 g/mol. The zero-order valence-electron chi connectivity index (χ0n) is 16.1. The van der Waals surface area contributed by atoms with Crippen LogP contribution in [0.15, 0.2) is 11.1 Å². The number of piperidine rings is 1. The molecule has 1 aliphatic heterocycles. The highest BCUT2D eigenvalue weighted by atomic mass is 32.1. The van der Waals surface area contributed by atoms with E-state index in [2.05, 4.69) is 17.2 Å². The van der Waals surface area contributed by atoms with Gasteiger partial charge in [-0.15, -0.1) is 11.3 Å². The van der Waals surface area contributed by atoms with E-state index in [1.165, 1.54) is 22.2 Å². The average Bonchev–Trinajstić information content (AvgIpc) is 2.99. The predicted octanol–water partition coefficient (Wildman–Crippen LogP) is 2.16. The molecule has 2 aromatic rings. The van der Waals surface area contributed by atoms with Crippen molar-refractivity contribution in [3.63, 3.8) is 0 Å². The van der Waals surface area contributed by atoms with E-state index in [-0.39, 0.29) is 23.9 Å². The van der Waals surface area contributed by atoms with Crippen LogP contribution in [0.3, 0.4) is 0 Å². The predicted molar refractivity (Wildman–Crippen MR) is 106 cm³/mol. The van der Waals surface area contributed by atoms with E-state index < -0.39 is 0 Å². The molecule has 0 radical (unpaired) electrons. The summed E-state index contributed by atoms with van der Waals surface area (Å²) >= 11 is 1.27. The lowest BCUT2D eigenvalue weighted by atomic mass is 10.00. The Balaban J connectivity index is 1.90. The number of fused-ring (bicyclic) bond motifs is 1. The fourth-order valence-corrected chi connectivity index (χ4v) is 4.58. The molecule has 3 heterocycles. The van der Waals surface area contributed by atoms with Crippen molar-refractivity contribution < 1.29 is 9.59 Å². The van der Waals surface area contributed by atoms with Crippen LogP contribution in [0.5, 0.6) is 0 Å². The Morgan fingerprint density at radius 1 is 1.41 bits per heavy atom. The maximum absolute atomic E-state index is 13.0. The fraction of sp³-hybridized carbons (Fsp3) is 0.579. The van der Waals surface area contributed by atoms with Crippen molar-refractivity contribution in [3.8, 4) is 0 Å². The molecule has 27 heavy (non-hydrogen) atoms. The first kappa shape index (κ1) is 19.5. The Kier molecular flexibility index (Phi) is 5.94. The Bertz CT molecular complexity index is 918. The van der Waals surface area contributed by atoms with Crippen molar-refractivity contribution in [2.75, 3.05) is 19.6 Å². The molecule has 0 bridgehead atoms. The van der Waals surface area contributed by atoms with Crippen molar-refractivity contribution in [2.24, 2.45) is 5.92 Å². The summed E-state index contributed by atoms with van der Waals surface area (Å²) in [6.45, 7) is 7.94. The molecule has 1 N–H and O–H groups in total. The molecule has 1 saturated heterocycles. The topological polar surface area (TPSA) is 84.3 Å². The van der Waals surface area contributed by atoms with Gasteiger partial charge in [-0.1, -0.05) is 13.8 Å². The molecule has 8 heteroatoms. The summed E-state index contributed by atoms with van der Waals surface area (Å²) in [5, 5.41) is 3.20. The Morgan fingerprint density at radius 2 is 2.19 bits per heavy atom. The molecule has 3 rings (SSSR count). The van der Waals surface area contributed by atoms with Crippen LogP contribution in [0, 0.1) is 12.8 Å². The van der Waals surface area contributed by atoms with Crippen LogP contribution < -0.4 is 10.9 Å². The van der Waals surface area contributed by atoms with Crippen LogP contribution in [0.1, 0.15) is 48.3 Å². The van der Waals surface area contributed by atoms with Gasteiger partial charge in [0.25, 0.3) is 11.5 Å². The van der Waals surface area contributed by atoms with Crippen LogP contribution in [-0.2, 0) is 11.3 Å². The second-order valence-electron chi connectivity index (χ2n) is 7.26. The summed E-state index contributed by atoms with van der Waals surface area (Å²) < 4.78 is 1.31. The quantitative estimate of drug-likeness (QED) is 0.848. The molecule has 7 nitrogen and oxygen atoms in total. The number of carbonyl (C=O) groups excluding carboxylic acids is 2. The summed E-state index contributed by atoms with van der Waals surface area (Å²) in [6, 6.07) is 0. The average molecular weight is 391 g/mol. The largest absolute Gasteiger partial charge is 0.355 e. The molecule has 0 aliphatic carbocycles. The van der Waals surface area contributed by atoms with E-state index in [0.29, 0.717) is 33.1 Å². The fourth-order valence-electron chi connectivity index (χ4n) is 3.47. The summed E-state index contributed by atoms with van der Waals surface area (Å²) in [5.74, 6) is 0.259. The number of aryl methyl sites for hydroxylation is 1. The van der Waals surface area contributed by atoms with Crippen molar-refractivity contribution in [2.45, 2.75) is 46.6 Å². The molecule has 1 atom stereocenters. The Labute approximate surface area is 162 Å². The third-order valence-electron chi connectivity index (χ3n) is 4.94. The van der Waals surface area contributed by atoms with E-state index >= 15 is 0 Å². The minimum Gasteiger partial charge on any atom is -0.355 e. The van der Waals surface area contributed by atoms with E-state index in [9.17, 15) is 14.4 Å². The third-order valence-corrected chi connectivity index (χ3v) is 6.13. The highest BCUT2D eigenvalue weighted by molar-refractivity contribution is 7.20. The second kappa shape index (κ2) is 8.21. The maximum Gasteiger partial charge on any atom is 0.264 e. The summed E-state index contributed by atoms with van der Waals surface area (Å²) in [4.78, 5) is 45.1. The molecule has 2 aromatic heterocycles. The number of rotatable bonds is 5. The van der Waals surface area contributed by atoms with Gasteiger partial charge < -0.3 is 10.2 Å². The first-order valence-electron chi connectivity index (χ1n) is 9.46. The number of nitrogens with one attached hydrogen (secondary N) is 1. The van der Waals surface area contributed by atoms with E-state index in [1.54, 1.807) is 6.92 Å². The van der Waals surface area contributed by atoms with Gasteiger partial charge in [0.15, 0.2) is 0 Å². The van der Waals surface area contributed by atoms with Gasteiger partial charge in [-0.25, -0.2) is 4.98 Å². The van der Waals surface area contributed by atoms with E-state index in [1.807, 2.05) is 11.8 Å². The molecule has 0 saturated carbocycles.